The van der Waals surface area contributed by atoms with E-state index < -0.39 is 11.6 Å². The van der Waals surface area contributed by atoms with Gasteiger partial charge in [0.05, 0.1) is 11.3 Å². The van der Waals surface area contributed by atoms with E-state index in [1.807, 2.05) is 0 Å². The van der Waals surface area contributed by atoms with Crippen LogP contribution in [0.1, 0.15) is 36.0 Å². The van der Waals surface area contributed by atoms with Crippen molar-refractivity contribution in [3.05, 3.63) is 24.0 Å². The maximum atomic E-state index is 11.1. The number of aromatic nitrogens is 1. The molecule has 2 N–H and O–H groups in total. The molecule has 1 aliphatic rings. The summed E-state index contributed by atoms with van der Waals surface area (Å²) in [4.78, 5) is 16.7. The van der Waals surface area contributed by atoms with Crippen LogP contribution in [-0.2, 0) is 0 Å². The van der Waals surface area contributed by atoms with E-state index >= 15 is 0 Å². The van der Waals surface area contributed by atoms with E-state index in [1.165, 1.54) is 6.20 Å². The van der Waals surface area contributed by atoms with Crippen molar-refractivity contribution in [2.24, 2.45) is 0 Å². The first-order valence-electron chi connectivity index (χ1n) is 6.13. The van der Waals surface area contributed by atoms with Gasteiger partial charge in [0.15, 0.2) is 0 Å². The SMILES string of the molecule is CN(CC1(O)CCCC1)c1ccncc1C(=O)O. The normalized spacial score (nSPS) is 17.7. The van der Waals surface area contributed by atoms with Crippen LogP contribution in [0.2, 0.25) is 0 Å². The van der Waals surface area contributed by atoms with Crippen LogP contribution in [0.15, 0.2) is 18.5 Å². The van der Waals surface area contributed by atoms with Gasteiger partial charge >= 0.3 is 5.97 Å². The van der Waals surface area contributed by atoms with E-state index in [0.29, 0.717) is 12.2 Å². The predicted octanol–water partition coefficient (Wildman–Crippen LogP) is 1.52. The van der Waals surface area contributed by atoms with Crippen molar-refractivity contribution < 1.29 is 15.0 Å². The van der Waals surface area contributed by atoms with E-state index in [2.05, 4.69) is 4.98 Å². The van der Waals surface area contributed by atoms with Crippen LogP contribution in [0.25, 0.3) is 0 Å². The summed E-state index contributed by atoms with van der Waals surface area (Å²) in [5.41, 5.74) is 0.0766. The smallest absolute Gasteiger partial charge is 0.339 e. The number of aromatic carboxylic acids is 1. The van der Waals surface area contributed by atoms with Crippen molar-refractivity contribution >= 4 is 11.7 Å². The van der Waals surface area contributed by atoms with E-state index in [1.54, 1.807) is 24.2 Å². The summed E-state index contributed by atoms with van der Waals surface area (Å²) in [6, 6.07) is 1.67. The molecule has 0 spiro atoms. The molecule has 0 saturated heterocycles. The fourth-order valence-electron chi connectivity index (χ4n) is 2.60. The van der Waals surface area contributed by atoms with Gasteiger partial charge in [-0.1, -0.05) is 12.8 Å². The van der Waals surface area contributed by atoms with Crippen molar-refractivity contribution in [1.82, 2.24) is 4.98 Å². The molecule has 2 rings (SSSR count). The molecule has 0 unspecified atom stereocenters. The quantitative estimate of drug-likeness (QED) is 0.847. The molecule has 1 aromatic heterocycles. The number of hydrogen-bond acceptors (Lipinski definition) is 4. The third kappa shape index (κ3) is 2.61. The van der Waals surface area contributed by atoms with Gasteiger partial charge < -0.3 is 15.1 Å². The minimum Gasteiger partial charge on any atom is -0.478 e. The highest BCUT2D eigenvalue weighted by Crippen LogP contribution is 2.31. The molecule has 0 amide bonds. The molecule has 1 heterocycles. The molecule has 5 nitrogen and oxygen atoms in total. The number of hydrogen-bond donors (Lipinski definition) is 2. The van der Waals surface area contributed by atoms with Crippen LogP contribution < -0.4 is 4.90 Å². The standard InChI is InChI=1S/C13H18N2O3/c1-15(9-13(18)5-2-3-6-13)11-4-7-14-8-10(11)12(16)17/h4,7-8,18H,2-3,5-6,9H2,1H3,(H,16,17). The zero-order chi connectivity index (χ0) is 13.2. The summed E-state index contributed by atoms with van der Waals surface area (Å²) in [6.45, 7) is 0.456. The highest BCUT2D eigenvalue weighted by Gasteiger charge is 2.33. The maximum Gasteiger partial charge on any atom is 0.339 e. The number of pyridine rings is 1. The van der Waals surface area contributed by atoms with Crippen molar-refractivity contribution in [3.63, 3.8) is 0 Å². The zero-order valence-corrected chi connectivity index (χ0v) is 10.5. The average Bonchev–Trinajstić information content (AvgIpc) is 2.75. The fraction of sp³-hybridized carbons (Fsp3) is 0.538. The molecule has 0 radical (unpaired) electrons. The molecule has 0 aromatic carbocycles. The molecule has 0 bridgehead atoms. The number of likely N-dealkylation sites (N-methyl/N-ethyl adjacent to an activating group) is 1. The Morgan fingerprint density at radius 1 is 1.50 bits per heavy atom. The van der Waals surface area contributed by atoms with E-state index in [0.717, 1.165) is 25.7 Å². The molecule has 1 aliphatic carbocycles. The highest BCUT2D eigenvalue weighted by atomic mass is 16.4. The van der Waals surface area contributed by atoms with Crippen molar-refractivity contribution in [2.75, 3.05) is 18.5 Å². The minimum absolute atomic E-state index is 0.168. The van der Waals surface area contributed by atoms with Crippen LogP contribution in [0.5, 0.6) is 0 Å². The molecule has 0 atom stereocenters. The molecule has 1 fully saturated rings. The van der Waals surface area contributed by atoms with Gasteiger partial charge in [-0.2, -0.15) is 0 Å². The summed E-state index contributed by atoms with van der Waals surface area (Å²) in [6.07, 6.45) is 6.54. The topological polar surface area (TPSA) is 73.7 Å². The Hall–Kier alpha value is -1.62. The molecular weight excluding hydrogens is 232 g/mol. The lowest BCUT2D eigenvalue weighted by atomic mass is 10.0. The number of carboxylic acid groups (broad SMARTS) is 1. The number of anilines is 1. The first kappa shape index (κ1) is 12.8. The van der Waals surface area contributed by atoms with E-state index in [9.17, 15) is 9.90 Å². The summed E-state index contributed by atoms with van der Waals surface area (Å²) >= 11 is 0. The maximum absolute atomic E-state index is 11.1. The molecule has 1 saturated carbocycles. The van der Waals surface area contributed by atoms with Crippen LogP contribution in [0.4, 0.5) is 5.69 Å². The molecule has 98 valence electrons. The Kier molecular flexibility index (Phi) is 3.52. The second-order valence-electron chi connectivity index (χ2n) is 4.99. The Balaban J connectivity index is 2.18. The van der Waals surface area contributed by atoms with E-state index in [4.69, 9.17) is 5.11 Å². The summed E-state index contributed by atoms with van der Waals surface area (Å²) in [7, 11) is 1.80. The molecule has 18 heavy (non-hydrogen) atoms. The van der Waals surface area contributed by atoms with Crippen LogP contribution >= 0.6 is 0 Å². The third-order valence-electron chi connectivity index (χ3n) is 3.51. The molecule has 1 aromatic rings. The van der Waals surface area contributed by atoms with Gasteiger partial charge in [0.1, 0.15) is 5.56 Å². The van der Waals surface area contributed by atoms with Crippen molar-refractivity contribution in [1.29, 1.82) is 0 Å². The molecule has 0 aliphatic heterocycles. The second-order valence-corrected chi connectivity index (χ2v) is 4.99. The van der Waals surface area contributed by atoms with E-state index in [-0.39, 0.29) is 5.56 Å². The van der Waals surface area contributed by atoms with Gasteiger partial charge in [-0.3, -0.25) is 4.98 Å². The van der Waals surface area contributed by atoms with Gasteiger partial charge in [0.2, 0.25) is 0 Å². The Morgan fingerprint density at radius 3 is 2.78 bits per heavy atom. The Bertz CT molecular complexity index is 442. The Morgan fingerprint density at radius 2 is 2.17 bits per heavy atom. The Labute approximate surface area is 106 Å². The highest BCUT2D eigenvalue weighted by molar-refractivity contribution is 5.93. The summed E-state index contributed by atoms with van der Waals surface area (Å²) < 4.78 is 0. The van der Waals surface area contributed by atoms with Gasteiger partial charge in [-0.25, -0.2) is 4.79 Å². The largest absolute Gasteiger partial charge is 0.478 e. The number of carbonyl (C=O) groups is 1. The number of aliphatic hydroxyl groups is 1. The third-order valence-corrected chi connectivity index (χ3v) is 3.51. The first-order valence-corrected chi connectivity index (χ1v) is 6.13. The lowest BCUT2D eigenvalue weighted by Crippen LogP contribution is -2.39. The van der Waals surface area contributed by atoms with Gasteiger partial charge in [-0.05, 0) is 18.9 Å². The summed E-state index contributed by atoms with van der Waals surface area (Å²) in [5.74, 6) is -0.997. The second kappa shape index (κ2) is 4.94. The van der Waals surface area contributed by atoms with Crippen LogP contribution in [0.3, 0.4) is 0 Å². The van der Waals surface area contributed by atoms with Crippen molar-refractivity contribution in [2.45, 2.75) is 31.3 Å². The lowest BCUT2D eigenvalue weighted by Gasteiger charge is -2.30. The molecular formula is C13H18N2O3. The van der Waals surface area contributed by atoms with Crippen molar-refractivity contribution in [3.8, 4) is 0 Å². The van der Waals surface area contributed by atoms with Gasteiger partial charge in [-0.15, -0.1) is 0 Å². The zero-order valence-electron chi connectivity index (χ0n) is 10.5. The van der Waals surface area contributed by atoms with Crippen LogP contribution in [0, 0.1) is 0 Å². The van der Waals surface area contributed by atoms with Gasteiger partial charge in [0, 0.05) is 26.0 Å². The van der Waals surface area contributed by atoms with Gasteiger partial charge in [0.25, 0.3) is 0 Å². The minimum atomic E-state index is -0.997. The number of nitrogens with zero attached hydrogens (tertiary/aromatic N) is 2. The fourth-order valence-corrected chi connectivity index (χ4v) is 2.60. The predicted molar refractivity (Wildman–Crippen MR) is 67.9 cm³/mol. The number of carboxylic acids is 1. The monoisotopic (exact) mass is 250 g/mol. The first-order chi connectivity index (χ1) is 8.52. The lowest BCUT2D eigenvalue weighted by molar-refractivity contribution is 0.0555. The summed E-state index contributed by atoms with van der Waals surface area (Å²) in [5, 5.41) is 19.5. The average molecular weight is 250 g/mol. The number of rotatable bonds is 4. The van der Waals surface area contributed by atoms with Crippen LogP contribution in [-0.4, -0.2) is 40.4 Å². The molecule has 5 heteroatoms.